The highest BCUT2D eigenvalue weighted by Gasteiger charge is 2.39. The Morgan fingerprint density at radius 2 is 1.91 bits per heavy atom. The average molecular weight is 348 g/mol. The number of alkyl halides is 3. The zero-order valence-electron chi connectivity index (χ0n) is 12.2. The molecule has 0 aliphatic carbocycles. The molecule has 1 unspecified atom stereocenters. The number of benzene rings is 1. The maximum atomic E-state index is 13.2. The van der Waals surface area contributed by atoms with Gasteiger partial charge in [-0.05, 0) is 18.2 Å². The van der Waals surface area contributed by atoms with Gasteiger partial charge < -0.3 is 5.73 Å². The van der Waals surface area contributed by atoms with Gasteiger partial charge in [-0.2, -0.15) is 13.2 Å². The maximum absolute atomic E-state index is 13.2. The SMILES string of the molecule is NC(Cc1nc2ccc(F)cc2s1)N1CCN(C(F)(F)F)CC1. The molecule has 1 fully saturated rings. The third kappa shape index (κ3) is 3.79. The first-order chi connectivity index (χ1) is 10.8. The largest absolute Gasteiger partial charge is 0.460 e. The minimum atomic E-state index is -4.28. The fraction of sp³-hybridized carbons (Fsp3) is 0.500. The van der Waals surface area contributed by atoms with Gasteiger partial charge in [0.15, 0.2) is 0 Å². The fourth-order valence-electron chi connectivity index (χ4n) is 2.65. The molecule has 23 heavy (non-hydrogen) atoms. The normalized spacial score (nSPS) is 19.3. The van der Waals surface area contributed by atoms with Crippen molar-refractivity contribution in [2.45, 2.75) is 18.9 Å². The second kappa shape index (κ2) is 6.31. The van der Waals surface area contributed by atoms with Crippen LogP contribution in [0.3, 0.4) is 0 Å². The van der Waals surface area contributed by atoms with Gasteiger partial charge in [-0.3, -0.25) is 4.90 Å². The van der Waals surface area contributed by atoms with Crippen LogP contribution in [0.5, 0.6) is 0 Å². The minimum absolute atomic E-state index is 0.0811. The Hall–Kier alpha value is -1.29. The molecule has 1 aromatic carbocycles. The van der Waals surface area contributed by atoms with Crippen molar-refractivity contribution < 1.29 is 17.6 Å². The maximum Gasteiger partial charge on any atom is 0.460 e. The number of piperazine rings is 1. The Bertz CT molecular complexity index is 679. The van der Waals surface area contributed by atoms with Gasteiger partial charge in [0.05, 0.1) is 21.4 Å². The molecule has 126 valence electrons. The second-order valence-corrected chi connectivity index (χ2v) is 6.60. The van der Waals surface area contributed by atoms with Gasteiger partial charge in [-0.1, -0.05) is 0 Å². The first-order valence-corrected chi connectivity index (χ1v) is 8.01. The lowest BCUT2D eigenvalue weighted by Crippen LogP contribution is -2.56. The van der Waals surface area contributed by atoms with Gasteiger partial charge in [-0.25, -0.2) is 14.3 Å². The summed E-state index contributed by atoms with van der Waals surface area (Å²) in [5, 5.41) is 0.761. The zero-order chi connectivity index (χ0) is 16.6. The highest BCUT2D eigenvalue weighted by atomic mass is 32.1. The van der Waals surface area contributed by atoms with Crippen LogP contribution in [0.15, 0.2) is 18.2 Å². The topological polar surface area (TPSA) is 45.4 Å². The number of halogens is 4. The molecule has 2 heterocycles. The van der Waals surface area contributed by atoms with E-state index < -0.39 is 12.5 Å². The average Bonchev–Trinajstić information content (AvgIpc) is 2.87. The zero-order valence-corrected chi connectivity index (χ0v) is 13.0. The van der Waals surface area contributed by atoms with Crippen molar-refractivity contribution in [2.24, 2.45) is 5.73 Å². The molecule has 0 spiro atoms. The molecule has 0 radical (unpaired) electrons. The van der Waals surface area contributed by atoms with Crippen LogP contribution >= 0.6 is 11.3 Å². The summed E-state index contributed by atoms with van der Waals surface area (Å²) in [6, 6.07) is 4.38. The number of nitrogens with two attached hydrogens (primary N) is 1. The lowest BCUT2D eigenvalue weighted by molar-refractivity contribution is -0.253. The summed E-state index contributed by atoms with van der Waals surface area (Å²) in [5.74, 6) is -0.319. The molecule has 1 aliphatic heterocycles. The Kier molecular flexibility index (Phi) is 4.54. The molecule has 0 bridgehead atoms. The summed E-state index contributed by atoms with van der Waals surface area (Å²) in [7, 11) is 0. The van der Waals surface area contributed by atoms with Crippen LogP contribution in [0.4, 0.5) is 17.6 Å². The van der Waals surface area contributed by atoms with Crippen molar-refractivity contribution in [3.8, 4) is 0 Å². The number of rotatable bonds is 3. The van der Waals surface area contributed by atoms with E-state index in [0.29, 0.717) is 16.8 Å². The van der Waals surface area contributed by atoms with Gasteiger partial charge >= 0.3 is 6.30 Å². The molecule has 2 N–H and O–H groups in total. The molecule has 1 aliphatic rings. The van der Waals surface area contributed by atoms with E-state index in [9.17, 15) is 17.6 Å². The van der Waals surface area contributed by atoms with Crippen molar-refractivity contribution >= 4 is 21.6 Å². The van der Waals surface area contributed by atoms with Crippen molar-refractivity contribution in [1.82, 2.24) is 14.8 Å². The summed E-state index contributed by atoms with van der Waals surface area (Å²) >= 11 is 1.36. The Balaban J connectivity index is 1.61. The van der Waals surface area contributed by atoms with Crippen LogP contribution in [-0.4, -0.2) is 53.4 Å². The van der Waals surface area contributed by atoms with Crippen LogP contribution in [0.1, 0.15) is 5.01 Å². The third-order valence-electron chi connectivity index (χ3n) is 3.92. The highest BCUT2D eigenvalue weighted by Crippen LogP contribution is 2.25. The number of aromatic nitrogens is 1. The van der Waals surface area contributed by atoms with Crippen LogP contribution in [0.2, 0.25) is 0 Å². The molecular weight excluding hydrogens is 332 g/mol. The summed E-state index contributed by atoms with van der Waals surface area (Å²) in [6.45, 7) is 0.366. The molecule has 3 rings (SSSR count). The van der Waals surface area contributed by atoms with Crippen molar-refractivity contribution in [1.29, 1.82) is 0 Å². The minimum Gasteiger partial charge on any atom is -0.315 e. The Morgan fingerprint density at radius 1 is 1.22 bits per heavy atom. The van der Waals surface area contributed by atoms with E-state index in [-0.39, 0.29) is 32.0 Å². The Morgan fingerprint density at radius 3 is 2.57 bits per heavy atom. The van der Waals surface area contributed by atoms with E-state index in [1.165, 1.54) is 23.5 Å². The van der Waals surface area contributed by atoms with E-state index >= 15 is 0 Å². The van der Waals surface area contributed by atoms with Crippen molar-refractivity contribution in [2.75, 3.05) is 26.2 Å². The molecule has 0 amide bonds. The van der Waals surface area contributed by atoms with Crippen LogP contribution in [0.25, 0.3) is 10.2 Å². The van der Waals surface area contributed by atoms with Gasteiger partial charge in [0, 0.05) is 32.6 Å². The van der Waals surface area contributed by atoms with E-state index in [2.05, 4.69) is 4.98 Å². The van der Waals surface area contributed by atoms with E-state index in [4.69, 9.17) is 5.73 Å². The molecule has 1 aromatic heterocycles. The number of hydrogen-bond acceptors (Lipinski definition) is 5. The molecule has 9 heteroatoms. The van der Waals surface area contributed by atoms with Gasteiger partial charge in [0.2, 0.25) is 0 Å². The van der Waals surface area contributed by atoms with E-state index in [0.717, 1.165) is 9.71 Å². The molecule has 4 nitrogen and oxygen atoms in total. The third-order valence-corrected chi connectivity index (χ3v) is 4.96. The summed E-state index contributed by atoms with van der Waals surface area (Å²) in [5.41, 5.74) is 6.81. The number of nitrogens with zero attached hydrogens (tertiary/aromatic N) is 3. The van der Waals surface area contributed by atoms with Gasteiger partial charge in [0.1, 0.15) is 5.82 Å². The lowest BCUT2D eigenvalue weighted by Gasteiger charge is -2.38. The molecule has 0 saturated carbocycles. The van der Waals surface area contributed by atoms with Crippen molar-refractivity contribution in [3.63, 3.8) is 0 Å². The number of thiazole rings is 1. The Labute approximate surface area is 134 Å². The summed E-state index contributed by atoms with van der Waals surface area (Å²) in [4.78, 5) is 6.72. The molecule has 1 atom stereocenters. The van der Waals surface area contributed by atoms with Crippen molar-refractivity contribution in [3.05, 3.63) is 29.0 Å². The van der Waals surface area contributed by atoms with Gasteiger partial charge in [-0.15, -0.1) is 11.3 Å². The van der Waals surface area contributed by atoms with E-state index in [1.54, 1.807) is 6.07 Å². The monoisotopic (exact) mass is 348 g/mol. The summed E-state index contributed by atoms with van der Waals surface area (Å²) < 4.78 is 51.7. The second-order valence-electron chi connectivity index (χ2n) is 5.48. The van der Waals surface area contributed by atoms with E-state index in [1.807, 2.05) is 4.90 Å². The number of hydrogen-bond donors (Lipinski definition) is 1. The predicted octanol–water partition coefficient (Wildman–Crippen LogP) is 2.40. The molecular formula is C14H16F4N4S. The van der Waals surface area contributed by atoms with Gasteiger partial charge in [0.25, 0.3) is 0 Å². The van der Waals surface area contributed by atoms with Crippen LogP contribution in [0, 0.1) is 5.82 Å². The van der Waals surface area contributed by atoms with Crippen LogP contribution < -0.4 is 5.73 Å². The standard InChI is InChI=1S/C14H16F4N4S/c15-9-1-2-10-11(7-9)23-13(20-10)8-12(19)21-3-5-22(6-4-21)14(16,17)18/h1-2,7,12H,3-6,8,19H2. The smallest absolute Gasteiger partial charge is 0.315 e. The lowest BCUT2D eigenvalue weighted by atomic mass is 10.2. The first-order valence-electron chi connectivity index (χ1n) is 7.19. The number of fused-ring (bicyclic) bond motifs is 1. The molecule has 2 aromatic rings. The highest BCUT2D eigenvalue weighted by molar-refractivity contribution is 7.18. The summed E-state index contributed by atoms with van der Waals surface area (Å²) in [6.07, 6.45) is -4.24. The molecule has 1 saturated heterocycles. The fourth-order valence-corrected chi connectivity index (χ4v) is 3.69. The predicted molar refractivity (Wildman–Crippen MR) is 80.5 cm³/mol. The van der Waals surface area contributed by atoms with Crippen LogP contribution in [-0.2, 0) is 6.42 Å². The quantitative estimate of drug-likeness (QED) is 0.683. The first kappa shape index (κ1) is 16.6.